The maximum absolute atomic E-state index is 14.9. The van der Waals surface area contributed by atoms with Crippen molar-refractivity contribution in [3.8, 4) is 0 Å². The molecule has 596 valence electrons. The molecule has 0 saturated carbocycles. The van der Waals surface area contributed by atoms with Gasteiger partial charge in [0.05, 0.1) is 45.3 Å². The number of aliphatic imine (C=N–C) groups is 1. The molecule has 1 aromatic carbocycles. The first-order chi connectivity index (χ1) is 50.9. The Morgan fingerprint density at radius 2 is 1.03 bits per heavy atom. The number of nitrogens with zero attached hydrogens (tertiary/aromatic N) is 7. The number of amides is 14. The van der Waals surface area contributed by atoms with Crippen molar-refractivity contribution in [2.24, 2.45) is 34.0 Å². The van der Waals surface area contributed by atoms with Gasteiger partial charge in [0.2, 0.25) is 82.7 Å². The monoisotopic (exact) mass is 1540 g/mol. The molecule has 0 aliphatic carbocycles. The van der Waals surface area contributed by atoms with Crippen LogP contribution in [0.25, 0.3) is 0 Å². The third-order valence-corrected chi connectivity index (χ3v) is 19.8. The number of unbranched alkanes of at least 4 members (excludes halogenated alkanes) is 1. The number of hydrogen-bond acceptors (Lipinski definition) is 21. The van der Waals surface area contributed by atoms with E-state index in [0.717, 1.165) is 9.80 Å². The maximum Gasteiger partial charge on any atom is 0.305 e. The lowest BCUT2D eigenvalue weighted by Crippen LogP contribution is -2.61. The number of fused-ring (bicyclic) bond motifs is 3. The predicted molar refractivity (Wildman–Crippen MR) is 396 cm³/mol. The summed E-state index contributed by atoms with van der Waals surface area (Å²) in [4.78, 5) is 225. The Bertz CT molecular complexity index is 3300. The van der Waals surface area contributed by atoms with Crippen molar-refractivity contribution >= 4 is 120 Å². The van der Waals surface area contributed by atoms with Crippen LogP contribution in [0, 0.1) is 11.8 Å². The molecule has 107 heavy (non-hydrogen) atoms. The fourth-order valence-corrected chi connectivity index (χ4v) is 13.7. The first kappa shape index (κ1) is 88.7. The van der Waals surface area contributed by atoms with Gasteiger partial charge in [-0.05, 0) is 95.1 Å². The molecule has 17 N–H and O–H groups in total. The fourth-order valence-electron chi connectivity index (χ4n) is 13.2. The minimum absolute atomic E-state index is 0.0244. The number of carboxylic acids is 1. The highest BCUT2D eigenvalue weighted by atomic mass is 32.1. The van der Waals surface area contributed by atoms with E-state index < -0.39 is 206 Å². The number of carboxylic acid groups (broad SMARTS) is 1. The number of aliphatic hydroxyl groups is 2. The van der Waals surface area contributed by atoms with Gasteiger partial charge in [-0.25, -0.2) is 0 Å². The Kier molecular flexibility index (Phi) is 36.8. The molecule has 13 atom stereocenters. The minimum atomic E-state index is -1.86. The van der Waals surface area contributed by atoms with E-state index in [1.165, 1.54) is 26.5 Å². The van der Waals surface area contributed by atoms with Crippen molar-refractivity contribution in [2.75, 3.05) is 96.6 Å². The van der Waals surface area contributed by atoms with Gasteiger partial charge in [-0.15, -0.1) is 0 Å². The minimum Gasteiger partial charge on any atom is -0.481 e. The molecule has 0 unspecified atom stereocenters. The van der Waals surface area contributed by atoms with Gasteiger partial charge in [-0.3, -0.25) is 76.9 Å². The van der Waals surface area contributed by atoms with Gasteiger partial charge < -0.3 is 104 Å². The quantitative estimate of drug-likeness (QED) is 0.0223. The van der Waals surface area contributed by atoms with Gasteiger partial charge in [0.15, 0.2) is 5.96 Å². The summed E-state index contributed by atoms with van der Waals surface area (Å²) in [6.45, 7) is 3.64. The SMILES string of the molecule is CC[C@H](C)[C@@H]1NC(=O)[C@@H]2CCCN2C(=O)[C@@H]2CCCN2C(=O)[C@H]([C@@H](C)CC)NC(=O)[C@H](CO)NC(=O)CN(CCCCN)C(=O)[C@H]([C@@H](C)O)NC(=O)CN(CCS)C(=O)[C@H](CCCN=C(N)N)NC(=O)CNC(=O)[C@H](CC(=O)O)NC(=O)[C@@H]2CCCN2C(=O)[C@H](Cc2ccccc2)NC(=O)CN(CCS)C1=O. The molecule has 36 nitrogen and oxygen atoms in total. The second-order valence-electron chi connectivity index (χ2n) is 27.4. The molecular weight excluding hydrogens is 1430 g/mol. The summed E-state index contributed by atoms with van der Waals surface area (Å²) in [5, 5.41) is 52.0. The lowest BCUT2D eigenvalue weighted by atomic mass is 9.96. The number of aliphatic carboxylic acids is 1. The van der Waals surface area contributed by atoms with Crippen molar-refractivity contribution in [1.82, 2.24) is 71.9 Å². The molecule has 0 spiro atoms. The number of carbonyl (C=O) groups is 15. The van der Waals surface area contributed by atoms with Crippen LogP contribution in [-0.2, 0) is 78.3 Å². The Hall–Kier alpha value is -8.88. The van der Waals surface area contributed by atoms with E-state index in [4.69, 9.17) is 17.2 Å². The Labute approximate surface area is 633 Å². The average molecular weight is 1540 g/mol. The molecule has 1 aromatic rings. The first-order valence-electron chi connectivity index (χ1n) is 36.6. The van der Waals surface area contributed by atoms with Crippen LogP contribution in [0.1, 0.15) is 124 Å². The summed E-state index contributed by atoms with van der Waals surface area (Å²) < 4.78 is 0. The zero-order valence-corrected chi connectivity index (χ0v) is 63.4. The summed E-state index contributed by atoms with van der Waals surface area (Å²) >= 11 is 8.67. The van der Waals surface area contributed by atoms with E-state index >= 15 is 0 Å². The molecule has 4 aliphatic heterocycles. The fraction of sp³-hybridized carbons (Fsp3) is 0.681. The maximum atomic E-state index is 14.9. The van der Waals surface area contributed by atoms with Crippen LogP contribution in [0.4, 0.5) is 0 Å². The van der Waals surface area contributed by atoms with E-state index in [2.05, 4.69) is 72.8 Å². The molecule has 5 rings (SSSR count). The highest BCUT2D eigenvalue weighted by Crippen LogP contribution is 2.28. The Morgan fingerprint density at radius 1 is 0.542 bits per heavy atom. The van der Waals surface area contributed by atoms with Crippen LogP contribution >= 0.6 is 25.3 Å². The smallest absolute Gasteiger partial charge is 0.305 e. The Balaban J connectivity index is 1.55. The van der Waals surface area contributed by atoms with Crippen LogP contribution < -0.4 is 59.7 Å². The summed E-state index contributed by atoms with van der Waals surface area (Å²) in [5.41, 5.74) is 17.4. The second-order valence-corrected chi connectivity index (χ2v) is 28.3. The van der Waals surface area contributed by atoms with Crippen molar-refractivity contribution < 1.29 is 87.2 Å². The van der Waals surface area contributed by atoms with Crippen molar-refractivity contribution in [1.29, 1.82) is 0 Å². The van der Waals surface area contributed by atoms with Gasteiger partial charge in [0.1, 0.15) is 60.4 Å². The normalized spacial score (nSPS) is 25.8. The molecular formula is C69H110N18O18S2. The summed E-state index contributed by atoms with van der Waals surface area (Å²) in [6.07, 6.45) is -0.373. The van der Waals surface area contributed by atoms with Crippen LogP contribution in [-0.4, -0.2) is 303 Å². The third-order valence-electron chi connectivity index (χ3n) is 19.4. The molecule has 4 fully saturated rings. The Morgan fingerprint density at radius 3 is 1.56 bits per heavy atom. The summed E-state index contributed by atoms with van der Waals surface area (Å²) in [6, 6.07) is -5.84. The van der Waals surface area contributed by atoms with E-state index in [1.807, 2.05) is 0 Å². The highest BCUT2D eigenvalue weighted by molar-refractivity contribution is 7.80. The average Bonchev–Trinajstić information content (AvgIpc) is 1.69. The topological polar surface area (TPSA) is 523 Å². The molecule has 0 radical (unpaired) electrons. The number of benzene rings is 1. The van der Waals surface area contributed by atoms with Gasteiger partial charge in [-0.1, -0.05) is 70.9 Å². The van der Waals surface area contributed by atoms with Gasteiger partial charge in [-0.2, -0.15) is 25.3 Å². The number of hydrogen-bond donors (Lipinski definition) is 16. The molecule has 38 heteroatoms. The van der Waals surface area contributed by atoms with Crippen LogP contribution in [0.5, 0.6) is 0 Å². The number of nitrogens with one attached hydrogen (secondary N) is 8. The molecule has 0 bridgehead atoms. The van der Waals surface area contributed by atoms with Gasteiger partial charge >= 0.3 is 5.97 Å². The standard InChI is InChI=1S/C69H110N18O18S2/c1-6-40(3)56-66(103)84(30-32-107)37-52(91)76-46(33-43-17-9-8-10-18-43)64(101)85-26-14-20-48(85)61(98)78-45(34-55(94)95)59(96)74-35-51(90)75-44(19-13-24-73-69(71)72)63(100)83(29-31-106)38-54(93)79-58(42(5)89)67(104)82(25-12-11-23-70)36-53(92)77-47(39-88)60(97)80-57(41(4)7-2)68(105)87-28-16-22-50(87)65(102)86-27-15-21-49(86)62(99)81-56/h8-10,17-18,40-42,44-50,56-58,88-89,106-107H,6-7,11-16,19-39,70H2,1-5H3,(H,74,96)(H,75,90)(H,76,91)(H,77,92)(H,78,98)(H,79,93)(H,80,97)(H,81,99)(H,94,95)(H4,71,72,73)/t40-,41-,42+,44-,45-,46-,47-,48-,49-,50-,56-,57-,58-/m0/s1. The lowest BCUT2D eigenvalue weighted by Gasteiger charge is -2.35. The van der Waals surface area contributed by atoms with Crippen LogP contribution in [0.3, 0.4) is 0 Å². The van der Waals surface area contributed by atoms with E-state index in [-0.39, 0.29) is 121 Å². The third kappa shape index (κ3) is 26.5. The van der Waals surface area contributed by atoms with E-state index in [1.54, 1.807) is 58.0 Å². The van der Waals surface area contributed by atoms with Crippen molar-refractivity contribution in [3.63, 3.8) is 0 Å². The number of nitrogens with two attached hydrogens (primary N) is 3. The number of carbonyl (C=O) groups excluding carboxylic acids is 14. The predicted octanol–water partition coefficient (Wildman–Crippen LogP) is -5.20. The summed E-state index contributed by atoms with van der Waals surface area (Å²) in [7, 11) is 0. The lowest BCUT2D eigenvalue weighted by molar-refractivity contribution is -0.149. The number of thiol groups is 2. The van der Waals surface area contributed by atoms with Crippen molar-refractivity contribution in [3.05, 3.63) is 35.9 Å². The van der Waals surface area contributed by atoms with Gasteiger partial charge in [0.25, 0.3) is 0 Å². The number of aliphatic hydroxyl groups excluding tert-OH is 2. The molecule has 4 aliphatic rings. The highest BCUT2D eigenvalue weighted by Gasteiger charge is 2.47. The van der Waals surface area contributed by atoms with E-state index in [0.29, 0.717) is 37.7 Å². The van der Waals surface area contributed by atoms with Crippen LogP contribution in [0.2, 0.25) is 0 Å². The first-order valence-corrected chi connectivity index (χ1v) is 37.9. The zero-order chi connectivity index (χ0) is 79.2. The number of guanidine groups is 1. The van der Waals surface area contributed by atoms with Crippen molar-refractivity contribution in [2.45, 2.75) is 191 Å². The van der Waals surface area contributed by atoms with Crippen LogP contribution in [0.15, 0.2) is 35.3 Å². The second kappa shape index (κ2) is 44.4. The van der Waals surface area contributed by atoms with E-state index in [9.17, 15) is 87.2 Å². The molecule has 14 amide bonds. The molecule has 0 aromatic heterocycles. The molecule has 4 heterocycles. The number of rotatable bonds is 22. The molecule has 4 saturated heterocycles. The van der Waals surface area contributed by atoms with Gasteiger partial charge in [0, 0.05) is 63.7 Å². The zero-order valence-electron chi connectivity index (χ0n) is 61.6. The largest absolute Gasteiger partial charge is 0.481 e. The summed E-state index contributed by atoms with van der Waals surface area (Å²) in [5.74, 6) is -15.2.